The minimum atomic E-state index is -0.122. The number of nitrogens with one attached hydrogen (secondary N) is 2. The molecule has 0 radical (unpaired) electrons. The van der Waals surface area contributed by atoms with Crippen LogP contribution in [0.1, 0.15) is 28.8 Å². The van der Waals surface area contributed by atoms with Gasteiger partial charge in [0.1, 0.15) is 12.1 Å². The van der Waals surface area contributed by atoms with Crippen molar-refractivity contribution in [2.45, 2.75) is 12.8 Å². The van der Waals surface area contributed by atoms with Crippen molar-refractivity contribution in [1.82, 2.24) is 25.3 Å². The number of amides is 1. The number of benzene rings is 1. The highest BCUT2D eigenvalue weighted by Crippen LogP contribution is 2.30. The highest BCUT2D eigenvalue weighted by atomic mass is 32.1. The number of methoxy groups -OCH3 is 1. The summed E-state index contributed by atoms with van der Waals surface area (Å²) in [4.78, 5) is 30.5. The second kappa shape index (κ2) is 10.4. The predicted molar refractivity (Wildman–Crippen MR) is 132 cm³/mol. The number of pyridine rings is 1. The Kier molecular flexibility index (Phi) is 7.60. The molecule has 3 aromatic heterocycles. The minimum Gasteiger partial charge on any atom is -0.473 e. The van der Waals surface area contributed by atoms with E-state index in [9.17, 15) is 4.79 Å². The fourth-order valence-corrected chi connectivity index (χ4v) is 4.05. The zero-order chi connectivity index (χ0) is 21.8. The van der Waals surface area contributed by atoms with Gasteiger partial charge in [-0.25, -0.2) is 15.0 Å². The van der Waals surface area contributed by atoms with E-state index in [-0.39, 0.29) is 25.3 Å². The van der Waals surface area contributed by atoms with Crippen LogP contribution in [0.4, 0.5) is 5.82 Å². The molecule has 166 valence electrons. The highest BCUT2D eigenvalue weighted by Gasteiger charge is 2.15. The third-order valence-electron chi connectivity index (χ3n) is 4.97. The van der Waals surface area contributed by atoms with Crippen molar-refractivity contribution < 1.29 is 9.53 Å². The highest BCUT2D eigenvalue weighted by molar-refractivity contribution is 7.59. The lowest BCUT2D eigenvalue weighted by Crippen LogP contribution is -2.18. The summed E-state index contributed by atoms with van der Waals surface area (Å²) >= 11 is 1.43. The maximum atomic E-state index is 12.2. The van der Waals surface area contributed by atoms with Crippen LogP contribution < -0.4 is 15.4 Å². The van der Waals surface area contributed by atoms with Gasteiger partial charge in [0.15, 0.2) is 0 Å². The Morgan fingerprint density at radius 2 is 2.03 bits per heavy atom. The van der Waals surface area contributed by atoms with E-state index in [1.807, 2.05) is 24.3 Å². The van der Waals surface area contributed by atoms with E-state index in [2.05, 4.69) is 37.5 Å². The molecule has 0 spiro atoms. The molecule has 1 amide bonds. The second-order valence-electron chi connectivity index (χ2n) is 6.95. The average Bonchev–Trinajstić information content (AvgIpc) is 3.31. The van der Waals surface area contributed by atoms with Gasteiger partial charge in [0.05, 0.1) is 35.0 Å². The van der Waals surface area contributed by atoms with Gasteiger partial charge >= 0.3 is 0 Å². The molecule has 32 heavy (non-hydrogen) atoms. The maximum absolute atomic E-state index is 12.2. The molecule has 0 bridgehead atoms. The van der Waals surface area contributed by atoms with Crippen LogP contribution >= 0.6 is 24.8 Å². The molecule has 4 aromatic rings. The molecule has 8 nitrogen and oxygen atoms in total. The molecule has 1 atom stereocenters. The first-order valence-electron chi connectivity index (χ1n) is 9.76. The van der Waals surface area contributed by atoms with Gasteiger partial charge in [0.25, 0.3) is 11.1 Å². The van der Waals surface area contributed by atoms with Gasteiger partial charge in [0, 0.05) is 37.2 Å². The number of carbonyl (C=O) groups is 1. The number of hydrogen-bond donors (Lipinski definition) is 2. The first-order valence-corrected chi connectivity index (χ1v) is 10.6. The number of aromatic nitrogens is 4. The molecule has 10 heteroatoms. The van der Waals surface area contributed by atoms with Gasteiger partial charge in [-0.05, 0) is 11.6 Å². The Bertz CT molecular complexity index is 1230. The molecule has 0 fully saturated rings. The summed E-state index contributed by atoms with van der Waals surface area (Å²) < 4.78 is 5.16. The Labute approximate surface area is 197 Å². The van der Waals surface area contributed by atoms with Crippen molar-refractivity contribution >= 4 is 47.5 Å². The number of anilines is 1. The lowest BCUT2D eigenvalue weighted by Gasteiger charge is -2.16. The molecule has 0 aliphatic rings. The first kappa shape index (κ1) is 23.4. The van der Waals surface area contributed by atoms with E-state index in [0.717, 1.165) is 32.9 Å². The van der Waals surface area contributed by atoms with Crippen molar-refractivity contribution in [2.75, 3.05) is 26.0 Å². The molecule has 1 aromatic carbocycles. The molecule has 4 rings (SSSR count). The predicted octanol–water partition coefficient (Wildman–Crippen LogP) is 3.84. The van der Waals surface area contributed by atoms with Gasteiger partial charge in [-0.3, -0.25) is 9.78 Å². The summed E-state index contributed by atoms with van der Waals surface area (Å²) in [7, 11) is 3.22. The largest absolute Gasteiger partial charge is 0.473 e. The third-order valence-corrected chi connectivity index (χ3v) is 5.95. The average molecular weight is 469 g/mol. The fourth-order valence-electron chi connectivity index (χ4n) is 3.36. The lowest BCUT2D eigenvalue weighted by atomic mass is 9.96. The monoisotopic (exact) mass is 468 g/mol. The molecule has 0 saturated heterocycles. The summed E-state index contributed by atoms with van der Waals surface area (Å²) in [5, 5.41) is 7.51. The van der Waals surface area contributed by atoms with Crippen LogP contribution in [0.5, 0.6) is 5.19 Å². The Hall–Kier alpha value is -3.24. The number of nitrogens with zero attached hydrogens (tertiary/aromatic N) is 4. The summed E-state index contributed by atoms with van der Waals surface area (Å²) in [6.45, 7) is 2.76. The van der Waals surface area contributed by atoms with Crippen LogP contribution in [0.2, 0.25) is 0 Å². The topological polar surface area (TPSA) is 102 Å². The van der Waals surface area contributed by atoms with Crippen molar-refractivity contribution in [1.29, 1.82) is 0 Å². The van der Waals surface area contributed by atoms with E-state index in [4.69, 9.17) is 4.74 Å². The number of hydrogen-bond acceptors (Lipinski definition) is 8. The first-order chi connectivity index (χ1) is 15.1. The zero-order valence-corrected chi connectivity index (χ0v) is 19.7. The van der Waals surface area contributed by atoms with E-state index in [0.29, 0.717) is 17.3 Å². The Balaban J connectivity index is 0.00000289. The molecule has 0 aliphatic heterocycles. The molecule has 2 N–H and O–H groups in total. The molecule has 0 aliphatic carbocycles. The quantitative estimate of drug-likeness (QED) is 0.425. The third kappa shape index (κ3) is 4.81. The SMILES string of the molecule is CNC(=O)c1ccnc2c([C@H](C)CNc3cc(-c4cnc(OC)s4)ncn3)cccc12.S. The molecular formula is C22H24N6O2S2. The minimum absolute atomic E-state index is 0. The van der Waals surface area contributed by atoms with Crippen molar-refractivity contribution in [3.05, 3.63) is 60.2 Å². The van der Waals surface area contributed by atoms with E-state index < -0.39 is 0 Å². The number of fused-ring (bicyclic) bond motifs is 1. The van der Waals surface area contributed by atoms with Gasteiger partial charge in [-0.1, -0.05) is 36.5 Å². The summed E-state index contributed by atoms with van der Waals surface area (Å²) in [6, 6.07) is 9.57. The lowest BCUT2D eigenvalue weighted by molar-refractivity contribution is 0.0964. The van der Waals surface area contributed by atoms with Gasteiger partial charge in [-0.2, -0.15) is 13.5 Å². The second-order valence-corrected chi connectivity index (χ2v) is 7.94. The Morgan fingerprint density at radius 3 is 2.78 bits per heavy atom. The van der Waals surface area contributed by atoms with Crippen molar-refractivity contribution in [3.63, 3.8) is 0 Å². The normalized spacial score (nSPS) is 11.5. The summed E-state index contributed by atoms with van der Waals surface area (Å²) in [5.41, 5.74) is 3.30. The van der Waals surface area contributed by atoms with Crippen LogP contribution in [0.15, 0.2) is 49.1 Å². The van der Waals surface area contributed by atoms with Crippen LogP contribution in [0.3, 0.4) is 0 Å². The summed E-state index contributed by atoms with van der Waals surface area (Å²) in [6.07, 6.45) is 4.95. The number of carbonyl (C=O) groups excluding carboxylic acids is 1. The number of thiazole rings is 1. The number of para-hydroxylation sites is 1. The number of ether oxygens (including phenoxy) is 1. The molecule has 3 heterocycles. The van der Waals surface area contributed by atoms with Crippen LogP contribution in [-0.4, -0.2) is 46.5 Å². The maximum Gasteiger partial charge on any atom is 0.273 e. The van der Waals surface area contributed by atoms with Crippen LogP contribution in [0, 0.1) is 0 Å². The van der Waals surface area contributed by atoms with E-state index in [1.165, 1.54) is 17.7 Å². The standard InChI is InChI=1S/C22H22N6O2S.H2S/c1-13(14-5-4-6-15-16(21(29)23-2)7-8-24-20(14)15)10-25-19-9-17(27-12-28-19)18-11-26-22(30-3)31-18;/h4-9,11-13H,10H2,1-3H3,(H,23,29)(H,25,27,28);1H2/t13-;/m1./s1. The van der Waals surface area contributed by atoms with Crippen molar-refractivity contribution in [2.24, 2.45) is 0 Å². The van der Waals surface area contributed by atoms with Crippen LogP contribution in [0.25, 0.3) is 21.5 Å². The Morgan fingerprint density at radius 1 is 1.19 bits per heavy atom. The van der Waals surface area contributed by atoms with Gasteiger partial charge < -0.3 is 15.4 Å². The van der Waals surface area contributed by atoms with E-state index in [1.54, 1.807) is 32.6 Å². The fraction of sp³-hybridized carbons (Fsp3) is 0.227. The van der Waals surface area contributed by atoms with Gasteiger partial charge in [-0.15, -0.1) is 0 Å². The zero-order valence-electron chi connectivity index (χ0n) is 17.9. The molecule has 0 unspecified atom stereocenters. The number of rotatable bonds is 7. The van der Waals surface area contributed by atoms with E-state index >= 15 is 0 Å². The smallest absolute Gasteiger partial charge is 0.273 e. The molecule has 0 saturated carbocycles. The summed E-state index contributed by atoms with van der Waals surface area (Å²) in [5.74, 6) is 0.741. The van der Waals surface area contributed by atoms with Gasteiger partial charge in [0.2, 0.25) is 0 Å². The van der Waals surface area contributed by atoms with Crippen LogP contribution in [-0.2, 0) is 0 Å². The van der Waals surface area contributed by atoms with Crippen molar-refractivity contribution in [3.8, 4) is 15.8 Å². The molecular weight excluding hydrogens is 444 g/mol.